The van der Waals surface area contributed by atoms with E-state index in [4.69, 9.17) is 14.2 Å². The summed E-state index contributed by atoms with van der Waals surface area (Å²) < 4.78 is 16.9. The molecule has 0 spiro atoms. The van der Waals surface area contributed by atoms with Crippen LogP contribution >= 0.6 is 0 Å². The molecule has 0 aliphatic carbocycles. The number of benzene rings is 1. The summed E-state index contributed by atoms with van der Waals surface area (Å²) >= 11 is 0. The molecular weight excluding hydrogens is 416 g/mol. The van der Waals surface area contributed by atoms with E-state index in [1.54, 1.807) is 38.1 Å². The fraction of sp³-hybridized carbons (Fsp3) is 0.455. The van der Waals surface area contributed by atoms with Crippen molar-refractivity contribution in [3.05, 3.63) is 41.7 Å². The average molecular weight is 444 g/mol. The quantitative estimate of drug-likeness (QED) is 0.462. The lowest BCUT2D eigenvalue weighted by atomic mass is 9.94. The van der Waals surface area contributed by atoms with Crippen molar-refractivity contribution in [2.75, 3.05) is 38.4 Å². The number of rotatable bonds is 9. The molecule has 1 aromatic heterocycles. The molecule has 0 radical (unpaired) electrons. The highest BCUT2D eigenvalue weighted by atomic mass is 16.5. The molecule has 1 aliphatic rings. The van der Waals surface area contributed by atoms with Crippen LogP contribution in [0.1, 0.15) is 41.7 Å². The first-order valence-electron chi connectivity index (χ1n) is 10.4. The molecule has 0 unspecified atom stereocenters. The van der Waals surface area contributed by atoms with Crippen LogP contribution in [0.15, 0.2) is 30.3 Å². The number of nitrogens with one attached hydrogen (secondary N) is 1. The second kappa shape index (κ2) is 9.82. The van der Waals surface area contributed by atoms with Gasteiger partial charge in [-0.1, -0.05) is 0 Å². The van der Waals surface area contributed by atoms with Crippen molar-refractivity contribution < 1.29 is 28.6 Å². The number of carbonyl (C=O) groups is 3. The van der Waals surface area contributed by atoms with Crippen LogP contribution in [0, 0.1) is 0 Å². The molecule has 1 aliphatic heterocycles. The van der Waals surface area contributed by atoms with E-state index in [1.807, 2.05) is 6.92 Å². The van der Waals surface area contributed by atoms with Crippen LogP contribution in [0.2, 0.25) is 0 Å². The summed E-state index contributed by atoms with van der Waals surface area (Å²) in [6.07, 6.45) is 0. The maximum absolute atomic E-state index is 13.5. The van der Waals surface area contributed by atoms with Gasteiger partial charge in [-0.25, -0.2) is 4.79 Å². The lowest BCUT2D eigenvalue weighted by molar-refractivity contribution is -0.126. The highest BCUT2D eigenvalue weighted by Crippen LogP contribution is 2.33. The van der Waals surface area contributed by atoms with E-state index in [0.29, 0.717) is 24.7 Å². The Balaban J connectivity index is 2.03. The molecule has 3 rings (SSSR count). The molecule has 0 fully saturated rings. The highest BCUT2D eigenvalue weighted by molar-refractivity contribution is 6.12. The Morgan fingerprint density at radius 2 is 1.91 bits per heavy atom. The van der Waals surface area contributed by atoms with Crippen LogP contribution in [0.4, 0.5) is 5.69 Å². The Morgan fingerprint density at radius 1 is 1.19 bits per heavy atom. The molecule has 1 N–H and O–H groups in total. The van der Waals surface area contributed by atoms with Crippen molar-refractivity contribution in [1.82, 2.24) is 15.1 Å². The number of ether oxygens (including phenoxy) is 3. The van der Waals surface area contributed by atoms with E-state index in [-0.39, 0.29) is 37.0 Å². The monoisotopic (exact) mass is 444 g/mol. The third kappa shape index (κ3) is 4.45. The maximum atomic E-state index is 13.5. The van der Waals surface area contributed by atoms with Gasteiger partial charge in [0.25, 0.3) is 5.91 Å². The normalized spacial score (nSPS) is 17.6. The van der Waals surface area contributed by atoms with Crippen LogP contribution in [-0.4, -0.2) is 66.6 Å². The predicted octanol–water partition coefficient (Wildman–Crippen LogP) is 1.64. The van der Waals surface area contributed by atoms with Crippen LogP contribution in [0.5, 0.6) is 5.75 Å². The second-order valence-electron chi connectivity index (χ2n) is 7.38. The van der Waals surface area contributed by atoms with Gasteiger partial charge in [-0.05, 0) is 45.0 Å². The number of amides is 2. The predicted molar refractivity (Wildman–Crippen MR) is 116 cm³/mol. The molecule has 2 aromatic rings. The van der Waals surface area contributed by atoms with E-state index < -0.39 is 17.4 Å². The largest absolute Gasteiger partial charge is 0.494 e. The second-order valence-corrected chi connectivity index (χ2v) is 7.38. The van der Waals surface area contributed by atoms with Gasteiger partial charge in [0.15, 0.2) is 5.69 Å². The number of carbonyl (C=O) groups excluding carboxylic acids is 3. The van der Waals surface area contributed by atoms with Crippen molar-refractivity contribution in [2.45, 2.75) is 32.9 Å². The first-order valence-corrected chi connectivity index (χ1v) is 10.4. The standard InChI is InChI=1S/C22H28N4O6/c1-5-31-16-9-7-15(8-10-16)26-19(27)18-13-17(20(28)32-6-2)24-25(18)14-22(26,3)21(29)23-11-12-30-4/h7-10,13H,5-6,11-12,14H2,1-4H3,(H,23,29)/t22-/m1/s1. The smallest absolute Gasteiger partial charge is 0.358 e. The van der Waals surface area contributed by atoms with Gasteiger partial charge in [0.1, 0.15) is 17.0 Å². The molecule has 10 nitrogen and oxygen atoms in total. The van der Waals surface area contributed by atoms with Crippen molar-refractivity contribution in [3.8, 4) is 5.75 Å². The molecule has 1 aromatic carbocycles. The zero-order chi connectivity index (χ0) is 23.3. The van der Waals surface area contributed by atoms with Gasteiger partial charge in [-0.3, -0.25) is 19.2 Å². The minimum atomic E-state index is -1.30. The topological polar surface area (TPSA) is 112 Å². The number of anilines is 1. The van der Waals surface area contributed by atoms with Gasteiger partial charge in [0.05, 0.1) is 26.4 Å². The Labute approximate surface area is 186 Å². The van der Waals surface area contributed by atoms with Crippen LogP contribution in [-0.2, 0) is 20.8 Å². The Bertz CT molecular complexity index is 987. The fourth-order valence-electron chi connectivity index (χ4n) is 3.61. The van der Waals surface area contributed by atoms with Gasteiger partial charge < -0.3 is 19.5 Å². The molecule has 2 amide bonds. The summed E-state index contributed by atoms with van der Waals surface area (Å²) in [4.78, 5) is 40.4. The minimum Gasteiger partial charge on any atom is -0.494 e. The number of esters is 1. The van der Waals surface area contributed by atoms with Gasteiger partial charge in [-0.15, -0.1) is 0 Å². The zero-order valence-electron chi connectivity index (χ0n) is 18.7. The first-order chi connectivity index (χ1) is 15.3. The van der Waals surface area contributed by atoms with E-state index in [0.717, 1.165) is 0 Å². The van der Waals surface area contributed by atoms with E-state index in [9.17, 15) is 14.4 Å². The third-order valence-electron chi connectivity index (χ3n) is 5.12. The first kappa shape index (κ1) is 23.3. The summed E-state index contributed by atoms with van der Waals surface area (Å²) in [7, 11) is 1.54. The van der Waals surface area contributed by atoms with Crippen molar-refractivity contribution in [2.24, 2.45) is 0 Å². The molecule has 0 bridgehead atoms. The minimum absolute atomic E-state index is 0.0193. The number of methoxy groups -OCH3 is 1. The summed E-state index contributed by atoms with van der Waals surface area (Å²) in [5.74, 6) is -0.786. The summed E-state index contributed by atoms with van der Waals surface area (Å²) in [5, 5.41) is 7.04. The Hall–Kier alpha value is -3.40. The lowest BCUT2D eigenvalue weighted by Crippen LogP contribution is -2.64. The number of hydrogen-bond acceptors (Lipinski definition) is 7. The number of fused-ring (bicyclic) bond motifs is 1. The van der Waals surface area contributed by atoms with Crippen molar-refractivity contribution in [3.63, 3.8) is 0 Å². The molecule has 0 saturated carbocycles. The lowest BCUT2D eigenvalue weighted by Gasteiger charge is -2.43. The molecule has 10 heteroatoms. The summed E-state index contributed by atoms with van der Waals surface area (Å²) in [5.41, 5.74) is -0.564. The third-order valence-corrected chi connectivity index (χ3v) is 5.12. The number of nitrogens with zero attached hydrogens (tertiary/aromatic N) is 3. The van der Waals surface area contributed by atoms with Crippen LogP contribution in [0.3, 0.4) is 0 Å². The molecule has 0 saturated heterocycles. The summed E-state index contributed by atoms with van der Waals surface area (Å²) in [6.45, 7) is 6.61. The SMILES string of the molecule is CCOC(=O)c1cc2n(n1)C[C@](C)(C(=O)NCCOC)N(c1ccc(OCC)cc1)C2=O. The fourth-order valence-corrected chi connectivity index (χ4v) is 3.61. The van der Waals surface area contributed by atoms with Crippen LogP contribution < -0.4 is 15.0 Å². The van der Waals surface area contributed by atoms with Crippen LogP contribution in [0.25, 0.3) is 0 Å². The van der Waals surface area contributed by atoms with Crippen molar-refractivity contribution >= 4 is 23.5 Å². The Kier molecular flexibility index (Phi) is 7.14. The zero-order valence-corrected chi connectivity index (χ0v) is 18.7. The van der Waals surface area contributed by atoms with Gasteiger partial charge in [0, 0.05) is 25.4 Å². The molecule has 1 atom stereocenters. The summed E-state index contributed by atoms with van der Waals surface area (Å²) in [6, 6.07) is 8.32. The molecular formula is C22H28N4O6. The number of hydrogen-bond donors (Lipinski definition) is 1. The van der Waals surface area contributed by atoms with E-state index in [1.165, 1.54) is 22.8 Å². The Morgan fingerprint density at radius 3 is 2.53 bits per heavy atom. The molecule has 172 valence electrons. The molecule has 32 heavy (non-hydrogen) atoms. The van der Waals surface area contributed by atoms with E-state index in [2.05, 4.69) is 10.4 Å². The van der Waals surface area contributed by atoms with E-state index >= 15 is 0 Å². The number of aromatic nitrogens is 2. The highest BCUT2D eigenvalue weighted by Gasteiger charge is 2.49. The average Bonchev–Trinajstić information content (AvgIpc) is 3.19. The van der Waals surface area contributed by atoms with Gasteiger partial charge >= 0.3 is 5.97 Å². The maximum Gasteiger partial charge on any atom is 0.358 e. The molecule has 2 heterocycles. The van der Waals surface area contributed by atoms with Gasteiger partial charge in [-0.2, -0.15) is 5.10 Å². The van der Waals surface area contributed by atoms with Crippen molar-refractivity contribution in [1.29, 1.82) is 0 Å². The van der Waals surface area contributed by atoms with Gasteiger partial charge in [0.2, 0.25) is 5.91 Å².